The molecule has 0 unspecified atom stereocenters. The van der Waals surface area contributed by atoms with Gasteiger partial charge in [-0.1, -0.05) is 11.6 Å². The molecule has 1 heterocycles. The quantitative estimate of drug-likeness (QED) is 0.808. The van der Waals surface area contributed by atoms with Crippen LogP contribution in [0, 0.1) is 0 Å². The minimum absolute atomic E-state index is 0.0558. The van der Waals surface area contributed by atoms with Crippen molar-refractivity contribution in [2.45, 2.75) is 22.0 Å². The topological polar surface area (TPSA) is 92.3 Å². The first-order valence-electron chi connectivity index (χ1n) is 7.57. The molecule has 0 saturated carbocycles. The van der Waals surface area contributed by atoms with Crippen LogP contribution in [-0.2, 0) is 14.6 Å². The van der Waals surface area contributed by atoms with Crippen LogP contribution >= 0.6 is 23.4 Å². The van der Waals surface area contributed by atoms with Gasteiger partial charge in [0.2, 0.25) is 5.91 Å². The number of amides is 2. The van der Waals surface area contributed by atoms with Crippen molar-refractivity contribution in [3.63, 3.8) is 0 Å². The van der Waals surface area contributed by atoms with E-state index in [9.17, 15) is 18.0 Å². The minimum Gasteiger partial charge on any atom is -0.324 e. The van der Waals surface area contributed by atoms with Gasteiger partial charge in [-0.3, -0.25) is 9.59 Å². The fourth-order valence-electron chi connectivity index (χ4n) is 2.38. The van der Waals surface area contributed by atoms with Gasteiger partial charge in [-0.15, -0.1) is 11.8 Å². The van der Waals surface area contributed by atoms with Crippen LogP contribution in [0.5, 0.6) is 0 Å². The third kappa shape index (κ3) is 3.87. The summed E-state index contributed by atoms with van der Waals surface area (Å²) in [5.41, 5.74) is 1.09. The smallest absolute Gasteiger partial charge is 0.255 e. The van der Waals surface area contributed by atoms with E-state index < -0.39 is 15.7 Å². The zero-order valence-electron chi connectivity index (χ0n) is 13.9. The Kier molecular flexibility index (Phi) is 5.01. The second-order valence-electron chi connectivity index (χ2n) is 5.83. The number of nitrogens with one attached hydrogen (secondary N) is 2. The van der Waals surface area contributed by atoms with E-state index in [0.717, 1.165) is 11.2 Å². The Hall–Kier alpha value is -2.03. The third-order valence-corrected chi connectivity index (χ3v) is 6.40. The Bertz CT molecular complexity index is 1020. The van der Waals surface area contributed by atoms with E-state index in [-0.39, 0.29) is 26.8 Å². The lowest BCUT2D eigenvalue weighted by Gasteiger charge is -2.21. The highest BCUT2D eigenvalue weighted by molar-refractivity contribution is 8.01. The van der Waals surface area contributed by atoms with Crippen LogP contribution < -0.4 is 10.6 Å². The van der Waals surface area contributed by atoms with E-state index in [1.165, 1.54) is 30.0 Å². The van der Waals surface area contributed by atoms with Crippen molar-refractivity contribution in [1.29, 1.82) is 0 Å². The van der Waals surface area contributed by atoms with Crippen molar-refractivity contribution in [2.24, 2.45) is 0 Å². The first kappa shape index (κ1) is 18.8. The van der Waals surface area contributed by atoms with E-state index >= 15 is 0 Å². The molecule has 0 bridgehead atoms. The third-order valence-electron chi connectivity index (χ3n) is 3.79. The Labute approximate surface area is 160 Å². The summed E-state index contributed by atoms with van der Waals surface area (Å²) >= 11 is 7.48. The molecule has 1 aliphatic rings. The lowest BCUT2D eigenvalue weighted by Crippen LogP contribution is -2.26. The molecule has 2 aromatic rings. The predicted molar refractivity (Wildman–Crippen MR) is 103 cm³/mol. The molecule has 0 saturated heterocycles. The zero-order valence-corrected chi connectivity index (χ0v) is 16.3. The first-order valence-corrected chi connectivity index (χ1v) is 10.7. The van der Waals surface area contributed by atoms with Crippen molar-refractivity contribution >= 4 is 56.4 Å². The van der Waals surface area contributed by atoms with Crippen molar-refractivity contribution in [3.05, 3.63) is 47.0 Å². The minimum atomic E-state index is -3.43. The van der Waals surface area contributed by atoms with Gasteiger partial charge >= 0.3 is 0 Å². The number of carbonyl (C=O) groups is 2. The molecular formula is C17H15ClN2O4S2. The number of sulfone groups is 1. The fraction of sp³-hybridized carbons (Fsp3) is 0.176. The molecule has 0 aromatic heterocycles. The molecule has 1 aliphatic heterocycles. The summed E-state index contributed by atoms with van der Waals surface area (Å²) in [4.78, 5) is 25.3. The summed E-state index contributed by atoms with van der Waals surface area (Å²) in [5, 5.41) is 5.40. The molecule has 2 N–H and O–H groups in total. The molecule has 0 fully saturated rings. The molecule has 1 atom stereocenters. The summed E-state index contributed by atoms with van der Waals surface area (Å²) in [6.07, 6.45) is 1.08. The highest BCUT2D eigenvalue weighted by atomic mass is 35.5. The Morgan fingerprint density at radius 2 is 1.96 bits per heavy atom. The standard InChI is InChI=1S/C17H15ClN2O4S2/c1-9-16(21)20-14-7-10(3-6-15(14)25-9)17(22)19-13-8-11(26(2,23)24)4-5-12(13)18/h3-9H,1-2H3,(H,19,22)(H,20,21)/t9-/m0/s1. The van der Waals surface area contributed by atoms with Crippen molar-refractivity contribution in [2.75, 3.05) is 16.9 Å². The number of hydrogen-bond donors (Lipinski definition) is 2. The van der Waals surface area contributed by atoms with Crippen LogP contribution in [0.1, 0.15) is 17.3 Å². The Morgan fingerprint density at radius 3 is 2.65 bits per heavy atom. The van der Waals surface area contributed by atoms with Crippen LogP contribution in [0.3, 0.4) is 0 Å². The number of benzene rings is 2. The average molecular weight is 411 g/mol. The van der Waals surface area contributed by atoms with E-state index in [4.69, 9.17) is 11.6 Å². The maximum absolute atomic E-state index is 12.5. The maximum atomic E-state index is 12.5. The SMILES string of the molecule is C[C@@H]1Sc2ccc(C(=O)Nc3cc(S(C)(=O)=O)ccc3Cl)cc2NC1=O. The van der Waals surface area contributed by atoms with Gasteiger partial charge in [-0.25, -0.2) is 8.42 Å². The summed E-state index contributed by atoms with van der Waals surface area (Å²) in [5.74, 6) is -0.581. The van der Waals surface area contributed by atoms with Gasteiger partial charge in [0.25, 0.3) is 5.91 Å². The van der Waals surface area contributed by atoms with Gasteiger partial charge in [-0.2, -0.15) is 0 Å². The number of fused-ring (bicyclic) bond motifs is 1. The van der Waals surface area contributed by atoms with Crippen LogP contribution in [0.4, 0.5) is 11.4 Å². The molecule has 0 aliphatic carbocycles. The second kappa shape index (κ2) is 6.94. The molecule has 0 spiro atoms. The van der Waals surface area contributed by atoms with Crippen LogP contribution in [0.2, 0.25) is 5.02 Å². The molecule has 136 valence electrons. The summed E-state index contributed by atoms with van der Waals surface area (Å²) in [6.45, 7) is 1.81. The molecule has 26 heavy (non-hydrogen) atoms. The molecule has 9 heteroatoms. The van der Waals surface area contributed by atoms with Gasteiger partial charge in [0.1, 0.15) is 0 Å². The molecular weight excluding hydrogens is 396 g/mol. The highest BCUT2D eigenvalue weighted by Crippen LogP contribution is 2.36. The monoisotopic (exact) mass is 410 g/mol. The van der Waals surface area contributed by atoms with Gasteiger partial charge in [0.15, 0.2) is 9.84 Å². The van der Waals surface area contributed by atoms with Crippen molar-refractivity contribution < 1.29 is 18.0 Å². The molecule has 3 rings (SSSR count). The van der Waals surface area contributed by atoms with Crippen LogP contribution in [0.15, 0.2) is 46.2 Å². The molecule has 2 amide bonds. The van der Waals surface area contributed by atoms with E-state index in [0.29, 0.717) is 11.3 Å². The van der Waals surface area contributed by atoms with Gasteiger partial charge < -0.3 is 10.6 Å². The zero-order chi connectivity index (χ0) is 19.1. The number of rotatable bonds is 3. The maximum Gasteiger partial charge on any atom is 0.255 e. The van der Waals surface area contributed by atoms with E-state index in [1.54, 1.807) is 25.1 Å². The van der Waals surface area contributed by atoms with E-state index in [1.807, 2.05) is 0 Å². The number of hydrogen-bond acceptors (Lipinski definition) is 5. The highest BCUT2D eigenvalue weighted by Gasteiger charge is 2.24. The average Bonchev–Trinajstić information content (AvgIpc) is 2.56. The Morgan fingerprint density at radius 1 is 1.23 bits per heavy atom. The lowest BCUT2D eigenvalue weighted by molar-refractivity contribution is -0.115. The Balaban J connectivity index is 1.88. The largest absolute Gasteiger partial charge is 0.324 e. The number of anilines is 2. The number of thioether (sulfide) groups is 1. The normalized spacial score (nSPS) is 16.6. The van der Waals surface area contributed by atoms with Crippen molar-refractivity contribution in [3.8, 4) is 0 Å². The molecule has 2 aromatic carbocycles. The van der Waals surface area contributed by atoms with Crippen molar-refractivity contribution in [1.82, 2.24) is 0 Å². The fourth-order valence-corrected chi connectivity index (χ4v) is 4.12. The van der Waals surface area contributed by atoms with Crippen LogP contribution in [0.25, 0.3) is 0 Å². The number of carbonyl (C=O) groups excluding carboxylic acids is 2. The van der Waals surface area contributed by atoms with E-state index in [2.05, 4.69) is 10.6 Å². The van der Waals surface area contributed by atoms with Gasteiger partial charge in [0.05, 0.1) is 26.5 Å². The lowest BCUT2D eigenvalue weighted by atomic mass is 10.1. The first-order chi connectivity index (χ1) is 12.1. The summed E-state index contributed by atoms with van der Waals surface area (Å²) < 4.78 is 23.3. The van der Waals surface area contributed by atoms with Gasteiger partial charge in [-0.05, 0) is 43.3 Å². The number of halogens is 1. The molecule has 0 radical (unpaired) electrons. The van der Waals surface area contributed by atoms with Crippen LogP contribution in [-0.4, -0.2) is 31.7 Å². The summed E-state index contributed by atoms with van der Waals surface area (Å²) in [6, 6.07) is 9.08. The second-order valence-corrected chi connectivity index (χ2v) is 9.63. The predicted octanol–water partition coefficient (Wildman–Crippen LogP) is 3.43. The summed E-state index contributed by atoms with van der Waals surface area (Å²) in [7, 11) is -3.43. The van der Waals surface area contributed by atoms with Gasteiger partial charge in [0, 0.05) is 16.7 Å². The molecule has 6 nitrogen and oxygen atoms in total.